The minimum Gasteiger partial charge on any atom is -0.508 e. The second-order valence-electron chi connectivity index (χ2n) is 8.74. The summed E-state index contributed by atoms with van der Waals surface area (Å²) >= 11 is 0. The van der Waals surface area contributed by atoms with Gasteiger partial charge in [0, 0.05) is 31.6 Å². The van der Waals surface area contributed by atoms with Crippen LogP contribution in [-0.4, -0.2) is 29.3 Å². The first kappa shape index (κ1) is 18.3. The molecule has 0 amide bonds. The van der Waals surface area contributed by atoms with Gasteiger partial charge in [-0.1, -0.05) is 13.0 Å². The molecule has 0 bridgehead atoms. The number of fused-ring (bicyclic) bond motifs is 5. The van der Waals surface area contributed by atoms with E-state index in [2.05, 4.69) is 13.0 Å². The first-order valence-corrected chi connectivity index (χ1v) is 9.96. The zero-order valence-electron chi connectivity index (χ0n) is 16.2. The normalized spacial score (nSPS) is 36.9. The third-order valence-corrected chi connectivity index (χ3v) is 7.21. The Morgan fingerprint density at radius 2 is 1.89 bits per heavy atom. The Kier molecular flexibility index (Phi) is 4.44. The van der Waals surface area contributed by atoms with Crippen molar-refractivity contribution in [1.82, 2.24) is 0 Å². The number of aryl methyl sites for hydroxylation is 1. The largest absolute Gasteiger partial charge is 0.508 e. The molecule has 0 radical (unpaired) electrons. The SMILES string of the molecule is CC(=O)OC1CC(OC(C)=O)[C@@]2(C)CC[C@@H]3c4ccc(O)cc4CC[C@H]3[C@H]12. The van der Waals surface area contributed by atoms with Gasteiger partial charge in [0.1, 0.15) is 18.0 Å². The van der Waals surface area contributed by atoms with Crippen LogP contribution in [0.3, 0.4) is 0 Å². The van der Waals surface area contributed by atoms with Crippen LogP contribution in [-0.2, 0) is 25.5 Å². The lowest BCUT2D eigenvalue weighted by atomic mass is 9.55. The zero-order valence-corrected chi connectivity index (χ0v) is 16.2. The van der Waals surface area contributed by atoms with Crippen molar-refractivity contribution in [2.75, 3.05) is 0 Å². The summed E-state index contributed by atoms with van der Waals surface area (Å²) < 4.78 is 11.4. The fourth-order valence-corrected chi connectivity index (χ4v) is 6.27. The quantitative estimate of drug-likeness (QED) is 0.801. The van der Waals surface area contributed by atoms with E-state index in [4.69, 9.17) is 9.47 Å². The maximum Gasteiger partial charge on any atom is 0.302 e. The monoisotopic (exact) mass is 372 g/mol. The van der Waals surface area contributed by atoms with Crippen LogP contribution >= 0.6 is 0 Å². The number of phenols is 1. The lowest BCUT2D eigenvalue weighted by molar-refractivity contribution is -0.156. The van der Waals surface area contributed by atoms with E-state index in [0.29, 0.717) is 24.0 Å². The van der Waals surface area contributed by atoms with Crippen molar-refractivity contribution in [3.8, 4) is 5.75 Å². The van der Waals surface area contributed by atoms with Crippen molar-refractivity contribution in [2.24, 2.45) is 17.3 Å². The van der Waals surface area contributed by atoms with Crippen LogP contribution in [0.2, 0.25) is 0 Å². The molecular formula is C22H28O5. The molecule has 1 aromatic rings. The Labute approximate surface area is 160 Å². The Balaban J connectivity index is 1.70. The summed E-state index contributed by atoms with van der Waals surface area (Å²) in [7, 11) is 0. The summed E-state index contributed by atoms with van der Waals surface area (Å²) in [5.41, 5.74) is 2.39. The van der Waals surface area contributed by atoms with Gasteiger partial charge in [0.15, 0.2) is 0 Å². The maximum absolute atomic E-state index is 11.7. The molecule has 0 spiro atoms. The molecule has 5 heteroatoms. The van der Waals surface area contributed by atoms with Crippen molar-refractivity contribution >= 4 is 11.9 Å². The summed E-state index contributed by atoms with van der Waals surface area (Å²) in [6.45, 7) is 5.11. The van der Waals surface area contributed by atoms with E-state index in [1.165, 1.54) is 25.0 Å². The number of carbonyl (C=O) groups is 2. The molecule has 146 valence electrons. The van der Waals surface area contributed by atoms with Gasteiger partial charge in [-0.25, -0.2) is 0 Å². The second kappa shape index (κ2) is 6.54. The number of hydrogen-bond donors (Lipinski definition) is 1. The lowest BCUT2D eigenvalue weighted by Gasteiger charge is -2.51. The number of esters is 2. The predicted molar refractivity (Wildman–Crippen MR) is 99.2 cm³/mol. The van der Waals surface area contributed by atoms with Crippen molar-refractivity contribution in [3.63, 3.8) is 0 Å². The van der Waals surface area contributed by atoms with Gasteiger partial charge in [0.05, 0.1) is 0 Å². The third kappa shape index (κ3) is 3.01. The Morgan fingerprint density at radius 3 is 2.59 bits per heavy atom. The van der Waals surface area contributed by atoms with Crippen LogP contribution in [0.25, 0.3) is 0 Å². The Bertz CT molecular complexity index is 772. The maximum atomic E-state index is 11.7. The van der Waals surface area contributed by atoms with Gasteiger partial charge < -0.3 is 14.6 Å². The molecule has 0 aliphatic heterocycles. The Morgan fingerprint density at radius 1 is 1.15 bits per heavy atom. The molecule has 4 rings (SSSR count). The summed E-state index contributed by atoms with van der Waals surface area (Å²) in [6.07, 6.45) is 4.07. The predicted octanol–water partition coefficient (Wildman–Crippen LogP) is 3.72. The van der Waals surface area contributed by atoms with E-state index in [-0.39, 0.29) is 35.5 Å². The van der Waals surface area contributed by atoms with Crippen LogP contribution in [0.1, 0.15) is 63.5 Å². The minimum atomic E-state index is -0.269. The number of benzene rings is 1. The third-order valence-electron chi connectivity index (χ3n) is 7.21. The fourth-order valence-electron chi connectivity index (χ4n) is 6.27. The van der Waals surface area contributed by atoms with Crippen LogP contribution in [0.15, 0.2) is 18.2 Å². The summed E-state index contributed by atoms with van der Waals surface area (Å²) in [6, 6.07) is 5.72. The van der Waals surface area contributed by atoms with E-state index in [1.807, 2.05) is 6.07 Å². The van der Waals surface area contributed by atoms with E-state index in [1.54, 1.807) is 6.07 Å². The number of aromatic hydroxyl groups is 1. The van der Waals surface area contributed by atoms with Gasteiger partial charge in [0.25, 0.3) is 0 Å². The molecule has 3 aliphatic carbocycles. The molecule has 0 aromatic heterocycles. The highest BCUT2D eigenvalue weighted by molar-refractivity contribution is 5.67. The summed E-state index contributed by atoms with van der Waals surface area (Å²) in [4.78, 5) is 23.4. The fraction of sp³-hybridized carbons (Fsp3) is 0.636. The van der Waals surface area contributed by atoms with Gasteiger partial charge in [-0.3, -0.25) is 9.59 Å². The van der Waals surface area contributed by atoms with Crippen molar-refractivity contribution < 1.29 is 24.2 Å². The van der Waals surface area contributed by atoms with Gasteiger partial charge in [-0.2, -0.15) is 0 Å². The Hall–Kier alpha value is -2.04. The topological polar surface area (TPSA) is 72.8 Å². The molecule has 1 aromatic carbocycles. The highest BCUT2D eigenvalue weighted by atomic mass is 16.6. The average Bonchev–Trinajstić information content (AvgIpc) is 2.85. The zero-order chi connectivity index (χ0) is 19.3. The first-order chi connectivity index (χ1) is 12.8. The lowest BCUT2D eigenvalue weighted by Crippen LogP contribution is -2.47. The molecule has 0 heterocycles. The van der Waals surface area contributed by atoms with Gasteiger partial charge in [0.2, 0.25) is 0 Å². The molecule has 0 saturated heterocycles. The van der Waals surface area contributed by atoms with Crippen molar-refractivity contribution in [3.05, 3.63) is 29.3 Å². The highest BCUT2D eigenvalue weighted by Gasteiger charge is 2.61. The van der Waals surface area contributed by atoms with Crippen LogP contribution in [0.5, 0.6) is 5.75 Å². The molecule has 2 unspecified atom stereocenters. The number of ether oxygens (including phenoxy) is 2. The summed E-state index contributed by atoms with van der Waals surface area (Å²) in [5, 5.41) is 9.83. The van der Waals surface area contributed by atoms with Gasteiger partial charge in [-0.15, -0.1) is 0 Å². The smallest absolute Gasteiger partial charge is 0.302 e. The van der Waals surface area contributed by atoms with E-state index < -0.39 is 0 Å². The number of rotatable bonds is 2. The molecule has 27 heavy (non-hydrogen) atoms. The molecule has 2 saturated carbocycles. The van der Waals surface area contributed by atoms with Crippen LogP contribution in [0.4, 0.5) is 0 Å². The number of phenolic OH excluding ortho intramolecular Hbond substituents is 1. The van der Waals surface area contributed by atoms with Crippen LogP contribution in [0, 0.1) is 17.3 Å². The van der Waals surface area contributed by atoms with Gasteiger partial charge in [-0.05, 0) is 60.8 Å². The number of carbonyl (C=O) groups excluding carboxylic acids is 2. The van der Waals surface area contributed by atoms with Crippen LogP contribution < -0.4 is 0 Å². The average molecular weight is 372 g/mol. The highest BCUT2D eigenvalue weighted by Crippen LogP contribution is 2.62. The molecule has 1 N–H and O–H groups in total. The van der Waals surface area contributed by atoms with E-state index in [9.17, 15) is 14.7 Å². The van der Waals surface area contributed by atoms with Crippen molar-refractivity contribution in [2.45, 2.75) is 71.0 Å². The van der Waals surface area contributed by atoms with E-state index >= 15 is 0 Å². The number of hydrogen-bond acceptors (Lipinski definition) is 5. The second-order valence-corrected chi connectivity index (χ2v) is 8.74. The molecule has 3 aliphatic rings. The first-order valence-electron chi connectivity index (χ1n) is 9.96. The molecular weight excluding hydrogens is 344 g/mol. The molecule has 5 nitrogen and oxygen atoms in total. The standard InChI is InChI=1S/C22H28O5/c1-12(23)26-19-11-20(27-13(2)24)22(3)9-8-17-16-7-5-15(25)10-14(16)4-6-18(17)21(19)22/h5,7,10,17-21,25H,4,6,8-9,11H2,1-3H3/t17-,18-,19?,20?,21-,22-/m1/s1. The van der Waals surface area contributed by atoms with Gasteiger partial charge >= 0.3 is 11.9 Å². The van der Waals surface area contributed by atoms with E-state index in [0.717, 1.165) is 25.7 Å². The van der Waals surface area contributed by atoms with Crippen molar-refractivity contribution in [1.29, 1.82) is 0 Å². The summed E-state index contributed by atoms with van der Waals surface area (Å²) in [5.74, 6) is 0.768. The molecule has 2 fully saturated rings. The molecule has 6 atom stereocenters. The minimum absolute atomic E-state index is 0.165.